The lowest BCUT2D eigenvalue weighted by atomic mass is 10.2. The number of hydrogen-bond donors (Lipinski definition) is 6. The third kappa shape index (κ3) is 5.78. The minimum Gasteiger partial charge on any atom is -0.361 e. The van der Waals surface area contributed by atoms with Crippen molar-refractivity contribution < 1.29 is 0 Å². The van der Waals surface area contributed by atoms with E-state index < -0.39 is 0 Å². The van der Waals surface area contributed by atoms with Gasteiger partial charge in [0, 0.05) is 57.6 Å². The van der Waals surface area contributed by atoms with Crippen molar-refractivity contribution in [3.05, 3.63) is 109 Å². The zero-order chi connectivity index (χ0) is 30.9. The fraction of sp³-hybridized carbons (Fsp3) is 0.118. The molecule has 226 valence electrons. The lowest BCUT2D eigenvalue weighted by Crippen LogP contribution is -2.02. The van der Waals surface area contributed by atoms with Crippen LogP contribution in [0.15, 0.2) is 97.5 Å². The number of aromatic nitrogens is 9. The Labute approximate surface area is 263 Å². The molecule has 0 bridgehead atoms. The number of nitrogens with one attached hydrogen (secondary N) is 6. The summed E-state index contributed by atoms with van der Waals surface area (Å²) in [5, 5.41) is 27.5. The zero-order valence-electron chi connectivity index (χ0n) is 24.9. The molecule has 12 nitrogen and oxygen atoms in total. The zero-order valence-corrected chi connectivity index (χ0v) is 24.9. The van der Waals surface area contributed by atoms with Gasteiger partial charge in [0.2, 0.25) is 5.95 Å². The van der Waals surface area contributed by atoms with E-state index in [9.17, 15) is 0 Å². The maximum absolute atomic E-state index is 4.73. The van der Waals surface area contributed by atoms with E-state index >= 15 is 0 Å². The van der Waals surface area contributed by atoms with Crippen molar-refractivity contribution in [1.29, 1.82) is 0 Å². The van der Waals surface area contributed by atoms with Crippen molar-refractivity contribution in [3.8, 4) is 0 Å². The number of hydrogen-bond acceptors (Lipinski definition) is 9. The number of aromatic amines is 3. The first-order chi connectivity index (χ1) is 22.6. The molecule has 0 amide bonds. The summed E-state index contributed by atoms with van der Waals surface area (Å²) in [7, 11) is 0. The molecule has 0 radical (unpaired) electrons. The summed E-state index contributed by atoms with van der Waals surface area (Å²) >= 11 is 0. The number of fused-ring (bicyclic) bond motifs is 3. The van der Waals surface area contributed by atoms with E-state index in [0.29, 0.717) is 11.9 Å². The van der Waals surface area contributed by atoms with Gasteiger partial charge in [-0.15, -0.1) is 0 Å². The Morgan fingerprint density at radius 1 is 0.696 bits per heavy atom. The normalized spacial score (nSPS) is 12.6. The number of rotatable bonds is 7. The summed E-state index contributed by atoms with van der Waals surface area (Å²) in [5.41, 5.74) is 5.97. The molecule has 0 atom stereocenters. The summed E-state index contributed by atoms with van der Waals surface area (Å²) in [6.07, 6.45) is 5.95. The molecular formula is C34H30N12. The van der Waals surface area contributed by atoms with E-state index in [4.69, 9.17) is 4.98 Å². The largest absolute Gasteiger partial charge is 0.361 e. The maximum atomic E-state index is 4.73. The lowest BCUT2D eigenvalue weighted by molar-refractivity contribution is 0.966. The molecule has 8 aromatic rings. The topological polar surface area (TPSA) is 161 Å². The van der Waals surface area contributed by atoms with Crippen molar-refractivity contribution in [2.75, 3.05) is 16.0 Å². The van der Waals surface area contributed by atoms with Crippen LogP contribution >= 0.6 is 0 Å². The molecule has 12 heteroatoms. The highest BCUT2D eigenvalue weighted by molar-refractivity contribution is 5.92. The Morgan fingerprint density at radius 3 is 2.28 bits per heavy atom. The fourth-order valence-corrected chi connectivity index (χ4v) is 5.32. The second-order valence-corrected chi connectivity index (χ2v) is 11.2. The van der Waals surface area contributed by atoms with Gasteiger partial charge in [-0.2, -0.15) is 15.2 Å². The van der Waals surface area contributed by atoms with Crippen molar-refractivity contribution >= 4 is 67.6 Å². The first-order valence-corrected chi connectivity index (χ1v) is 15.1. The Morgan fingerprint density at radius 2 is 1.46 bits per heavy atom. The number of aryl methyl sites for hydroxylation is 1. The number of benzene rings is 3. The number of nitrogens with zero attached hydrogens (tertiary/aromatic N) is 6. The quantitative estimate of drug-likeness (QED) is 0.107. The Bertz CT molecular complexity index is 2290. The first-order valence-electron chi connectivity index (χ1n) is 15.1. The standard InChI is InChI=1S/C22H19N7.C12H11N5/c1-2-4-17-16(3-1)21(26-20-12-19(28-29-20)13-5-6-13)27-22(25-17)24-15-8-7-14-9-10-23-18(14)11-15;1-8-6-11(17-16-8)15-12-9-4-2-3-5-10(9)13-7-14-12/h1-4,7-13,23H,5-6H2,(H3,24,25,26,27,28,29);2-7H,1H3,(H2,13,14,15,16,17). The minimum absolute atomic E-state index is 0.537. The van der Waals surface area contributed by atoms with E-state index in [-0.39, 0.29) is 0 Å². The molecule has 46 heavy (non-hydrogen) atoms. The second-order valence-electron chi connectivity index (χ2n) is 11.2. The number of para-hydroxylation sites is 2. The highest BCUT2D eigenvalue weighted by atomic mass is 15.2. The van der Waals surface area contributed by atoms with Crippen LogP contribution in [0.1, 0.15) is 30.1 Å². The van der Waals surface area contributed by atoms with Gasteiger partial charge in [0.1, 0.15) is 18.0 Å². The van der Waals surface area contributed by atoms with E-state index in [2.05, 4.69) is 74.5 Å². The molecule has 1 aliphatic carbocycles. The van der Waals surface area contributed by atoms with Gasteiger partial charge < -0.3 is 20.9 Å². The second kappa shape index (κ2) is 11.7. The molecule has 1 aliphatic rings. The molecule has 0 saturated heterocycles. The van der Waals surface area contributed by atoms with Crippen LogP contribution in [0.5, 0.6) is 0 Å². The molecule has 5 aromatic heterocycles. The molecule has 1 saturated carbocycles. The highest BCUT2D eigenvalue weighted by Crippen LogP contribution is 2.40. The van der Waals surface area contributed by atoms with Gasteiger partial charge in [0.05, 0.1) is 11.0 Å². The third-order valence-corrected chi connectivity index (χ3v) is 7.77. The van der Waals surface area contributed by atoms with Gasteiger partial charge in [-0.3, -0.25) is 10.2 Å². The van der Waals surface area contributed by atoms with Gasteiger partial charge in [0.25, 0.3) is 0 Å². The van der Waals surface area contributed by atoms with Crippen molar-refractivity contribution in [2.24, 2.45) is 0 Å². The van der Waals surface area contributed by atoms with Crippen LogP contribution in [0.3, 0.4) is 0 Å². The fourth-order valence-electron chi connectivity index (χ4n) is 5.32. The van der Waals surface area contributed by atoms with Gasteiger partial charge in [0.15, 0.2) is 11.6 Å². The number of anilines is 6. The average molecular weight is 607 g/mol. The van der Waals surface area contributed by atoms with Gasteiger partial charge in [-0.25, -0.2) is 15.0 Å². The summed E-state index contributed by atoms with van der Waals surface area (Å²) in [4.78, 5) is 21.1. The molecule has 0 unspecified atom stereocenters. The summed E-state index contributed by atoms with van der Waals surface area (Å²) < 4.78 is 0. The Hall–Kier alpha value is -6.30. The summed E-state index contributed by atoms with van der Waals surface area (Å²) in [5.74, 6) is 4.19. The molecule has 1 fully saturated rings. The average Bonchev–Trinajstić information content (AvgIpc) is 3.41. The van der Waals surface area contributed by atoms with Gasteiger partial charge >= 0.3 is 0 Å². The van der Waals surface area contributed by atoms with E-state index in [0.717, 1.165) is 62.0 Å². The maximum Gasteiger partial charge on any atom is 0.229 e. The minimum atomic E-state index is 0.537. The summed E-state index contributed by atoms with van der Waals surface area (Å²) in [6.45, 7) is 1.95. The van der Waals surface area contributed by atoms with Crippen LogP contribution in [0.25, 0.3) is 32.7 Å². The van der Waals surface area contributed by atoms with Gasteiger partial charge in [-0.05, 0) is 67.6 Å². The van der Waals surface area contributed by atoms with Gasteiger partial charge in [-0.1, -0.05) is 30.3 Å². The van der Waals surface area contributed by atoms with E-state index in [1.165, 1.54) is 23.9 Å². The Balaban J connectivity index is 0.000000156. The highest BCUT2D eigenvalue weighted by Gasteiger charge is 2.25. The van der Waals surface area contributed by atoms with Crippen LogP contribution in [0, 0.1) is 6.92 Å². The van der Waals surface area contributed by atoms with E-state index in [1.807, 2.05) is 79.9 Å². The number of H-pyrrole nitrogens is 3. The Kier molecular flexibility index (Phi) is 6.91. The van der Waals surface area contributed by atoms with Crippen molar-refractivity contribution in [3.63, 3.8) is 0 Å². The molecule has 3 aromatic carbocycles. The third-order valence-electron chi connectivity index (χ3n) is 7.77. The van der Waals surface area contributed by atoms with Crippen LogP contribution in [-0.2, 0) is 0 Å². The molecule has 0 spiro atoms. The van der Waals surface area contributed by atoms with Crippen LogP contribution < -0.4 is 16.0 Å². The predicted molar refractivity (Wildman–Crippen MR) is 181 cm³/mol. The molecule has 0 aliphatic heterocycles. The smallest absolute Gasteiger partial charge is 0.229 e. The van der Waals surface area contributed by atoms with Crippen molar-refractivity contribution in [1.82, 2.24) is 45.3 Å². The SMILES string of the molecule is Cc1cc(Nc2ncnc3ccccc23)n[nH]1.c1ccc2c(Nc3cc(C4CC4)[nH]n3)nc(Nc3ccc4cc[nH]c4c3)nc2c1. The van der Waals surface area contributed by atoms with Crippen LogP contribution in [-0.4, -0.2) is 45.3 Å². The molecular weight excluding hydrogens is 576 g/mol. The van der Waals surface area contributed by atoms with Crippen LogP contribution in [0.4, 0.5) is 34.9 Å². The predicted octanol–water partition coefficient (Wildman–Crippen LogP) is 7.60. The summed E-state index contributed by atoms with van der Waals surface area (Å²) in [6, 6.07) is 28.0. The molecule has 9 rings (SSSR count). The van der Waals surface area contributed by atoms with E-state index in [1.54, 1.807) is 6.33 Å². The first kappa shape index (κ1) is 27.3. The van der Waals surface area contributed by atoms with Crippen LogP contribution in [0.2, 0.25) is 0 Å². The molecule has 6 N–H and O–H groups in total. The lowest BCUT2D eigenvalue weighted by Gasteiger charge is -2.11. The van der Waals surface area contributed by atoms with Crippen molar-refractivity contribution in [2.45, 2.75) is 25.7 Å². The molecule has 5 heterocycles. The monoisotopic (exact) mass is 606 g/mol.